The summed E-state index contributed by atoms with van der Waals surface area (Å²) in [5.41, 5.74) is 2.28. The van der Waals surface area contributed by atoms with Crippen molar-refractivity contribution in [2.45, 2.75) is 0 Å². The smallest absolute Gasteiger partial charge is 0.125 e. The molecule has 0 aliphatic rings. The highest BCUT2D eigenvalue weighted by Crippen LogP contribution is 2.22. The van der Waals surface area contributed by atoms with Crippen LogP contribution in [0.5, 0.6) is 0 Å². The fourth-order valence-electron chi connectivity index (χ4n) is 1.40. The summed E-state index contributed by atoms with van der Waals surface area (Å²) < 4.78 is 13.1. The van der Waals surface area contributed by atoms with E-state index in [1.807, 2.05) is 12.1 Å². The second-order valence-corrected chi connectivity index (χ2v) is 3.78. The lowest BCUT2D eigenvalue weighted by Gasteiger charge is -2.02. The Bertz CT molecular complexity index is 500. The topological polar surface area (TPSA) is 12.9 Å². The lowest BCUT2D eigenvalue weighted by atomic mass is 10.1. The Hall–Kier alpha value is -1.67. The van der Waals surface area contributed by atoms with Crippen LogP contribution in [-0.2, 0) is 0 Å². The molecule has 16 heavy (non-hydrogen) atoms. The van der Waals surface area contributed by atoms with E-state index in [1.54, 1.807) is 18.3 Å². The van der Waals surface area contributed by atoms with E-state index in [4.69, 9.17) is 11.6 Å². The molecule has 2 aromatic rings. The van der Waals surface area contributed by atoms with E-state index in [2.05, 4.69) is 11.6 Å². The fourth-order valence-corrected chi connectivity index (χ4v) is 1.62. The molecule has 80 valence electrons. The molecule has 1 aromatic heterocycles. The summed E-state index contributed by atoms with van der Waals surface area (Å²) in [4.78, 5) is 4.21. The van der Waals surface area contributed by atoms with Gasteiger partial charge in [0, 0.05) is 16.8 Å². The Balaban J connectivity index is 2.45. The van der Waals surface area contributed by atoms with Gasteiger partial charge in [-0.2, -0.15) is 0 Å². The Morgan fingerprint density at radius 2 is 2.06 bits per heavy atom. The molecule has 0 aliphatic heterocycles. The highest BCUT2D eigenvalue weighted by molar-refractivity contribution is 6.30. The van der Waals surface area contributed by atoms with Gasteiger partial charge in [-0.3, -0.25) is 4.98 Å². The second-order valence-electron chi connectivity index (χ2n) is 3.34. The van der Waals surface area contributed by atoms with E-state index < -0.39 is 0 Å². The Kier molecular flexibility index (Phi) is 3.02. The van der Waals surface area contributed by atoms with Crippen LogP contribution in [0.1, 0.15) is 5.56 Å². The summed E-state index contributed by atoms with van der Waals surface area (Å²) in [7, 11) is 0. The molecule has 0 radical (unpaired) electrons. The highest BCUT2D eigenvalue weighted by atomic mass is 35.5. The van der Waals surface area contributed by atoms with E-state index in [-0.39, 0.29) is 5.82 Å². The molecule has 0 saturated heterocycles. The van der Waals surface area contributed by atoms with Crippen molar-refractivity contribution in [3.05, 3.63) is 59.5 Å². The molecule has 1 nitrogen and oxygen atoms in total. The van der Waals surface area contributed by atoms with Gasteiger partial charge in [-0.1, -0.05) is 30.3 Å². The van der Waals surface area contributed by atoms with Crippen LogP contribution in [0.4, 0.5) is 4.39 Å². The molecule has 0 spiro atoms. The first-order valence-electron chi connectivity index (χ1n) is 4.74. The summed E-state index contributed by atoms with van der Waals surface area (Å²) in [6.45, 7) is 3.64. The SMILES string of the molecule is C=Cc1ccc(-c2cc(F)cc(Cl)c2)nc1. The molecule has 1 aromatic carbocycles. The predicted molar refractivity (Wildman–Crippen MR) is 64.7 cm³/mol. The average Bonchev–Trinajstić information content (AvgIpc) is 2.28. The second kappa shape index (κ2) is 4.45. The van der Waals surface area contributed by atoms with E-state index in [0.717, 1.165) is 5.56 Å². The maximum atomic E-state index is 13.1. The first-order valence-corrected chi connectivity index (χ1v) is 5.12. The molecule has 0 saturated carbocycles. The van der Waals surface area contributed by atoms with Gasteiger partial charge in [-0.05, 0) is 29.8 Å². The number of halogens is 2. The largest absolute Gasteiger partial charge is 0.256 e. The van der Waals surface area contributed by atoms with Gasteiger partial charge in [0.1, 0.15) is 5.82 Å². The zero-order valence-electron chi connectivity index (χ0n) is 8.45. The van der Waals surface area contributed by atoms with Gasteiger partial charge in [0.25, 0.3) is 0 Å². The zero-order valence-corrected chi connectivity index (χ0v) is 9.21. The number of nitrogens with zero attached hydrogens (tertiary/aromatic N) is 1. The van der Waals surface area contributed by atoms with Crippen molar-refractivity contribution in [3.63, 3.8) is 0 Å². The van der Waals surface area contributed by atoms with Crippen LogP contribution < -0.4 is 0 Å². The average molecular weight is 234 g/mol. The number of benzene rings is 1. The lowest BCUT2D eigenvalue weighted by Crippen LogP contribution is -1.85. The van der Waals surface area contributed by atoms with E-state index in [1.165, 1.54) is 12.1 Å². The van der Waals surface area contributed by atoms with Gasteiger partial charge in [-0.15, -0.1) is 0 Å². The number of hydrogen-bond acceptors (Lipinski definition) is 1. The van der Waals surface area contributed by atoms with Crippen molar-refractivity contribution in [1.29, 1.82) is 0 Å². The maximum Gasteiger partial charge on any atom is 0.125 e. The molecule has 0 N–H and O–H groups in total. The molecule has 2 rings (SSSR count). The minimum absolute atomic E-state index is 0.364. The molecule has 0 aliphatic carbocycles. The first-order chi connectivity index (χ1) is 7.69. The summed E-state index contributed by atoms with van der Waals surface area (Å²) in [5, 5.41) is 0.365. The van der Waals surface area contributed by atoms with Gasteiger partial charge in [-0.25, -0.2) is 4.39 Å². The van der Waals surface area contributed by atoms with Crippen molar-refractivity contribution in [2.24, 2.45) is 0 Å². The Morgan fingerprint density at radius 1 is 1.25 bits per heavy atom. The van der Waals surface area contributed by atoms with Crippen LogP contribution in [0.2, 0.25) is 5.02 Å². The van der Waals surface area contributed by atoms with Crippen LogP contribution in [0.15, 0.2) is 43.1 Å². The number of aromatic nitrogens is 1. The number of hydrogen-bond donors (Lipinski definition) is 0. The zero-order chi connectivity index (χ0) is 11.5. The summed E-state index contributed by atoms with van der Waals surface area (Å²) in [5.74, 6) is -0.364. The molecule has 0 amide bonds. The number of rotatable bonds is 2. The molecule has 0 atom stereocenters. The van der Waals surface area contributed by atoms with Crippen molar-refractivity contribution in [3.8, 4) is 11.3 Å². The summed E-state index contributed by atoms with van der Waals surface area (Å²) in [6, 6.07) is 8.03. The van der Waals surface area contributed by atoms with Crippen molar-refractivity contribution < 1.29 is 4.39 Å². The van der Waals surface area contributed by atoms with Gasteiger partial charge in [0.2, 0.25) is 0 Å². The molecular weight excluding hydrogens is 225 g/mol. The fraction of sp³-hybridized carbons (Fsp3) is 0. The Morgan fingerprint density at radius 3 is 2.62 bits per heavy atom. The quantitative estimate of drug-likeness (QED) is 0.758. The van der Waals surface area contributed by atoms with Crippen molar-refractivity contribution >= 4 is 17.7 Å². The van der Waals surface area contributed by atoms with Crippen molar-refractivity contribution in [2.75, 3.05) is 0 Å². The predicted octanol–water partition coefficient (Wildman–Crippen LogP) is 4.18. The van der Waals surface area contributed by atoms with Crippen LogP contribution in [-0.4, -0.2) is 4.98 Å². The van der Waals surface area contributed by atoms with Crippen LogP contribution in [0.25, 0.3) is 17.3 Å². The monoisotopic (exact) mass is 233 g/mol. The molecule has 0 unspecified atom stereocenters. The third kappa shape index (κ3) is 2.28. The third-order valence-corrected chi connectivity index (χ3v) is 2.40. The highest BCUT2D eigenvalue weighted by Gasteiger charge is 2.03. The normalized spacial score (nSPS) is 10.1. The van der Waals surface area contributed by atoms with Gasteiger partial charge < -0.3 is 0 Å². The Labute approximate surface area is 98.2 Å². The van der Waals surface area contributed by atoms with E-state index >= 15 is 0 Å². The van der Waals surface area contributed by atoms with Crippen LogP contribution in [0.3, 0.4) is 0 Å². The summed E-state index contributed by atoms with van der Waals surface area (Å²) in [6.07, 6.45) is 3.39. The molecule has 3 heteroatoms. The van der Waals surface area contributed by atoms with Gasteiger partial charge in [0.05, 0.1) is 5.69 Å². The standard InChI is InChI=1S/C13H9ClFN/c1-2-9-3-4-13(16-8-9)10-5-11(14)7-12(15)6-10/h2-8H,1H2. The van der Waals surface area contributed by atoms with Gasteiger partial charge >= 0.3 is 0 Å². The van der Waals surface area contributed by atoms with E-state index in [9.17, 15) is 4.39 Å². The molecule has 0 bridgehead atoms. The lowest BCUT2D eigenvalue weighted by molar-refractivity contribution is 0.628. The summed E-state index contributed by atoms with van der Waals surface area (Å²) >= 11 is 5.77. The van der Waals surface area contributed by atoms with Crippen molar-refractivity contribution in [1.82, 2.24) is 4.98 Å². The number of pyridine rings is 1. The maximum absolute atomic E-state index is 13.1. The van der Waals surface area contributed by atoms with Gasteiger partial charge in [0.15, 0.2) is 0 Å². The minimum atomic E-state index is -0.364. The van der Waals surface area contributed by atoms with Crippen LogP contribution in [0, 0.1) is 5.82 Å². The van der Waals surface area contributed by atoms with E-state index in [0.29, 0.717) is 16.3 Å². The molecule has 0 fully saturated rings. The molecule has 1 heterocycles. The third-order valence-electron chi connectivity index (χ3n) is 2.18. The first kappa shape index (κ1) is 10.8. The van der Waals surface area contributed by atoms with Crippen LogP contribution >= 0.6 is 11.6 Å². The minimum Gasteiger partial charge on any atom is -0.256 e. The molecular formula is C13H9ClFN.